The summed E-state index contributed by atoms with van der Waals surface area (Å²) in [7, 11) is 4.21. The van der Waals surface area contributed by atoms with Gasteiger partial charge < -0.3 is 19.8 Å². The van der Waals surface area contributed by atoms with Crippen molar-refractivity contribution in [3.8, 4) is 0 Å². The van der Waals surface area contributed by atoms with Crippen LogP contribution in [-0.2, 0) is 0 Å². The molecule has 2 aliphatic rings. The molecule has 2 aliphatic heterocycles. The summed E-state index contributed by atoms with van der Waals surface area (Å²) in [6, 6.07) is 0.511. The summed E-state index contributed by atoms with van der Waals surface area (Å²) in [5.74, 6) is 1.04. The molecule has 2 fully saturated rings. The van der Waals surface area contributed by atoms with Gasteiger partial charge in [-0.3, -0.25) is 4.79 Å². The highest BCUT2D eigenvalue weighted by Gasteiger charge is 2.29. The Balaban J connectivity index is 1.82. The Morgan fingerprint density at radius 1 is 1.12 bits per heavy atom. The number of piperidine rings is 1. The number of aryl methyl sites for hydroxylation is 1. The average Bonchev–Trinajstić information content (AvgIpc) is 3.07. The summed E-state index contributed by atoms with van der Waals surface area (Å²) in [5.41, 5.74) is 1.91. The van der Waals surface area contributed by atoms with Crippen molar-refractivity contribution in [2.75, 3.05) is 45.2 Å². The molecule has 1 N–H and O–H groups in total. The van der Waals surface area contributed by atoms with Crippen LogP contribution in [0.1, 0.15) is 41.1 Å². The number of amides is 1. The number of aromatic nitrogens is 2. The molecule has 1 atom stereocenters. The number of carbonyl (C=O) groups is 1. The van der Waals surface area contributed by atoms with Crippen LogP contribution in [0.2, 0.25) is 0 Å². The minimum Gasteiger partial charge on any atom is -0.393 e. The Morgan fingerprint density at radius 2 is 1.80 bits per heavy atom. The van der Waals surface area contributed by atoms with E-state index in [2.05, 4.69) is 33.9 Å². The Kier molecular flexibility index (Phi) is 5.24. The molecular formula is C18H29N5O2. The maximum Gasteiger partial charge on any atom is 0.291 e. The smallest absolute Gasteiger partial charge is 0.291 e. The third-order valence-corrected chi connectivity index (χ3v) is 5.50. The predicted molar refractivity (Wildman–Crippen MR) is 97.0 cm³/mol. The van der Waals surface area contributed by atoms with Crippen LogP contribution < -0.4 is 4.90 Å². The molecule has 0 saturated carbocycles. The fourth-order valence-corrected chi connectivity index (χ4v) is 3.58. The van der Waals surface area contributed by atoms with Crippen molar-refractivity contribution in [2.45, 2.75) is 45.3 Å². The first-order valence-electron chi connectivity index (χ1n) is 9.10. The maximum absolute atomic E-state index is 12.8. The number of nitrogens with zero attached hydrogens (tertiary/aromatic N) is 5. The molecule has 3 rings (SSSR count). The normalized spacial score (nSPS) is 22.1. The van der Waals surface area contributed by atoms with E-state index in [9.17, 15) is 9.90 Å². The Hall–Kier alpha value is -1.73. The van der Waals surface area contributed by atoms with Crippen molar-refractivity contribution in [1.82, 2.24) is 19.8 Å². The summed E-state index contributed by atoms with van der Waals surface area (Å²) >= 11 is 0. The van der Waals surface area contributed by atoms with E-state index in [-0.39, 0.29) is 17.8 Å². The molecule has 1 amide bonds. The van der Waals surface area contributed by atoms with Gasteiger partial charge in [-0.1, -0.05) is 0 Å². The largest absolute Gasteiger partial charge is 0.393 e. The lowest BCUT2D eigenvalue weighted by molar-refractivity contribution is 0.0536. The van der Waals surface area contributed by atoms with Crippen LogP contribution in [0.5, 0.6) is 0 Å². The zero-order valence-electron chi connectivity index (χ0n) is 15.7. The molecule has 2 saturated heterocycles. The van der Waals surface area contributed by atoms with Crippen LogP contribution in [-0.4, -0.2) is 83.2 Å². The highest BCUT2D eigenvalue weighted by molar-refractivity contribution is 5.91. The number of aliphatic hydroxyl groups excluding tert-OH is 1. The van der Waals surface area contributed by atoms with Crippen LogP contribution in [0.4, 0.5) is 5.82 Å². The molecule has 25 heavy (non-hydrogen) atoms. The lowest BCUT2D eigenvalue weighted by Gasteiger charge is -2.29. The highest BCUT2D eigenvalue weighted by atomic mass is 16.3. The number of hydrogen-bond donors (Lipinski definition) is 1. The molecular weight excluding hydrogens is 318 g/mol. The van der Waals surface area contributed by atoms with Crippen molar-refractivity contribution in [2.24, 2.45) is 0 Å². The summed E-state index contributed by atoms with van der Waals surface area (Å²) in [5, 5.41) is 9.64. The van der Waals surface area contributed by atoms with Gasteiger partial charge in [0.1, 0.15) is 5.82 Å². The third-order valence-electron chi connectivity index (χ3n) is 5.50. The van der Waals surface area contributed by atoms with Crippen LogP contribution in [0.15, 0.2) is 0 Å². The van der Waals surface area contributed by atoms with Crippen molar-refractivity contribution >= 4 is 11.7 Å². The lowest BCUT2D eigenvalue weighted by atomic mass is 10.1. The SMILES string of the molecule is Cc1nc(C(=O)N2CCC(O)CC2)nc(N2CC[C@@H](N(C)C)C2)c1C. The average molecular weight is 347 g/mol. The fourth-order valence-electron chi connectivity index (χ4n) is 3.58. The summed E-state index contributed by atoms with van der Waals surface area (Å²) in [4.78, 5) is 28.2. The van der Waals surface area contributed by atoms with Gasteiger partial charge in [0, 0.05) is 43.5 Å². The van der Waals surface area contributed by atoms with Crippen molar-refractivity contribution in [1.29, 1.82) is 0 Å². The van der Waals surface area contributed by atoms with E-state index in [1.54, 1.807) is 4.90 Å². The monoisotopic (exact) mass is 347 g/mol. The second kappa shape index (κ2) is 7.25. The zero-order valence-corrected chi connectivity index (χ0v) is 15.7. The predicted octanol–water partition coefficient (Wildman–Crippen LogP) is 0.831. The van der Waals surface area contributed by atoms with Crippen molar-refractivity contribution in [3.63, 3.8) is 0 Å². The number of anilines is 1. The maximum atomic E-state index is 12.8. The highest BCUT2D eigenvalue weighted by Crippen LogP contribution is 2.25. The summed E-state index contributed by atoms with van der Waals surface area (Å²) in [6.45, 7) is 6.98. The van der Waals surface area contributed by atoms with E-state index >= 15 is 0 Å². The zero-order chi connectivity index (χ0) is 18.1. The quantitative estimate of drug-likeness (QED) is 0.873. The number of likely N-dealkylation sites (tertiary alicyclic amines) is 1. The van der Waals surface area contributed by atoms with E-state index in [0.29, 0.717) is 32.0 Å². The fraction of sp³-hybridized carbons (Fsp3) is 0.722. The van der Waals surface area contributed by atoms with E-state index in [1.165, 1.54) is 0 Å². The summed E-state index contributed by atoms with van der Waals surface area (Å²) < 4.78 is 0. The van der Waals surface area contributed by atoms with E-state index < -0.39 is 0 Å². The molecule has 0 unspecified atom stereocenters. The van der Waals surface area contributed by atoms with Crippen LogP contribution >= 0.6 is 0 Å². The molecule has 3 heterocycles. The van der Waals surface area contributed by atoms with E-state index in [1.807, 2.05) is 13.8 Å². The molecule has 7 heteroatoms. The Labute approximate surface area is 149 Å². The van der Waals surface area contributed by atoms with E-state index in [4.69, 9.17) is 0 Å². The van der Waals surface area contributed by atoms with Gasteiger partial charge in [0.15, 0.2) is 0 Å². The summed E-state index contributed by atoms with van der Waals surface area (Å²) in [6.07, 6.45) is 2.05. The first kappa shape index (κ1) is 18.1. The molecule has 1 aromatic heterocycles. The molecule has 0 spiro atoms. The van der Waals surface area contributed by atoms with Gasteiger partial charge in [0.2, 0.25) is 5.82 Å². The van der Waals surface area contributed by atoms with Gasteiger partial charge in [0.05, 0.1) is 6.10 Å². The number of carbonyl (C=O) groups excluding carboxylic acids is 1. The number of rotatable bonds is 3. The van der Waals surface area contributed by atoms with Crippen molar-refractivity contribution < 1.29 is 9.90 Å². The first-order valence-corrected chi connectivity index (χ1v) is 9.10. The first-order chi connectivity index (χ1) is 11.9. The van der Waals surface area contributed by atoms with Crippen LogP contribution in [0.3, 0.4) is 0 Å². The number of hydrogen-bond acceptors (Lipinski definition) is 6. The molecule has 1 aromatic rings. The molecule has 0 aliphatic carbocycles. The number of likely N-dealkylation sites (N-methyl/N-ethyl adjacent to an activating group) is 1. The molecule has 7 nitrogen and oxygen atoms in total. The van der Waals surface area contributed by atoms with Gasteiger partial charge in [-0.2, -0.15) is 0 Å². The van der Waals surface area contributed by atoms with Gasteiger partial charge in [0.25, 0.3) is 5.91 Å². The Bertz CT molecular complexity index is 641. The van der Waals surface area contributed by atoms with Crippen molar-refractivity contribution in [3.05, 3.63) is 17.1 Å². The second-order valence-electron chi connectivity index (χ2n) is 7.46. The van der Waals surface area contributed by atoms with Crippen LogP contribution in [0.25, 0.3) is 0 Å². The molecule has 0 bridgehead atoms. The molecule has 0 radical (unpaired) electrons. The lowest BCUT2D eigenvalue weighted by Crippen LogP contribution is -2.41. The Morgan fingerprint density at radius 3 is 2.40 bits per heavy atom. The van der Waals surface area contributed by atoms with Gasteiger partial charge in [-0.05, 0) is 47.2 Å². The van der Waals surface area contributed by atoms with Gasteiger partial charge in [-0.25, -0.2) is 9.97 Å². The minimum absolute atomic E-state index is 0.125. The number of aliphatic hydroxyl groups is 1. The van der Waals surface area contributed by atoms with Gasteiger partial charge >= 0.3 is 0 Å². The topological polar surface area (TPSA) is 72.8 Å². The van der Waals surface area contributed by atoms with Crippen LogP contribution in [0, 0.1) is 13.8 Å². The van der Waals surface area contributed by atoms with E-state index in [0.717, 1.165) is 36.6 Å². The minimum atomic E-state index is -0.298. The third kappa shape index (κ3) is 3.77. The molecule has 138 valence electrons. The molecule has 0 aromatic carbocycles. The van der Waals surface area contributed by atoms with Gasteiger partial charge in [-0.15, -0.1) is 0 Å². The standard InChI is InChI=1S/C18H29N5O2/c1-12-13(2)19-16(18(25)22-9-6-15(24)7-10-22)20-17(12)23-8-5-14(11-23)21(3)4/h14-15,24H,5-11H2,1-4H3/t14-/m1/s1. The second-order valence-corrected chi connectivity index (χ2v) is 7.46.